The molecule has 4 rings (SSSR count). The number of pyridine rings is 1. The lowest BCUT2D eigenvalue weighted by Gasteiger charge is -2.19. The number of hydrogen-bond donors (Lipinski definition) is 1. The van der Waals surface area contributed by atoms with Gasteiger partial charge in [0.15, 0.2) is 0 Å². The van der Waals surface area contributed by atoms with Gasteiger partial charge < -0.3 is 5.32 Å². The predicted octanol–water partition coefficient (Wildman–Crippen LogP) is 5.38. The van der Waals surface area contributed by atoms with Crippen LogP contribution in [0.2, 0.25) is 0 Å². The van der Waals surface area contributed by atoms with E-state index < -0.39 is 0 Å². The van der Waals surface area contributed by atoms with Crippen LogP contribution in [-0.2, 0) is 12.0 Å². The van der Waals surface area contributed by atoms with Gasteiger partial charge in [-0.25, -0.2) is 4.68 Å². The Bertz CT molecular complexity index is 1020. The fraction of sp³-hybridized carbons (Fsp3) is 0.385. The summed E-state index contributed by atoms with van der Waals surface area (Å²) in [5, 5.41) is 8.51. The summed E-state index contributed by atoms with van der Waals surface area (Å²) >= 11 is 0. The molecule has 0 saturated heterocycles. The highest BCUT2D eigenvalue weighted by atomic mass is 15.3. The molecule has 0 radical (unpaired) electrons. The molecule has 2 atom stereocenters. The first-order valence-electron chi connectivity index (χ1n) is 10.8. The van der Waals surface area contributed by atoms with E-state index in [0.29, 0.717) is 12.0 Å². The predicted molar refractivity (Wildman–Crippen MR) is 123 cm³/mol. The Hall–Kier alpha value is -2.72. The lowest BCUT2D eigenvalue weighted by atomic mass is 9.87. The molecule has 1 aromatic carbocycles. The van der Waals surface area contributed by atoms with Gasteiger partial charge >= 0.3 is 0 Å². The van der Waals surface area contributed by atoms with E-state index in [1.807, 2.05) is 18.3 Å². The maximum atomic E-state index is 4.89. The minimum atomic E-state index is 0.157. The van der Waals surface area contributed by atoms with Crippen LogP contribution in [0.3, 0.4) is 0 Å². The number of nitrogens with one attached hydrogen (secondary N) is 1. The van der Waals surface area contributed by atoms with E-state index >= 15 is 0 Å². The van der Waals surface area contributed by atoms with Gasteiger partial charge in [-0.05, 0) is 55.5 Å². The standard InChI is InChI=1S/C26H32N4/c1-18-25(20-9-12-22(16-20)28-17-23-8-6-7-15-27-23)19(2)30(29-18)24-13-10-21(11-14-24)26(3,4)5/h6-15,20,22,28H,16-17H2,1-5H3/t20-,22+/m0/s1. The molecular weight excluding hydrogens is 368 g/mol. The summed E-state index contributed by atoms with van der Waals surface area (Å²) in [6.07, 6.45) is 7.53. The van der Waals surface area contributed by atoms with Crippen molar-refractivity contribution in [2.24, 2.45) is 0 Å². The van der Waals surface area contributed by atoms with Crippen molar-refractivity contribution in [3.05, 3.63) is 89.0 Å². The number of hydrogen-bond acceptors (Lipinski definition) is 3. The molecule has 1 aliphatic carbocycles. The molecule has 1 N–H and O–H groups in total. The Morgan fingerprint density at radius 2 is 1.80 bits per heavy atom. The molecule has 0 unspecified atom stereocenters. The molecule has 4 nitrogen and oxygen atoms in total. The van der Waals surface area contributed by atoms with Crippen molar-refractivity contribution >= 4 is 0 Å². The second-order valence-corrected chi connectivity index (χ2v) is 9.33. The van der Waals surface area contributed by atoms with Crippen LogP contribution in [0.1, 0.15) is 61.3 Å². The summed E-state index contributed by atoms with van der Waals surface area (Å²) in [6, 6.07) is 15.2. The first-order chi connectivity index (χ1) is 14.3. The van der Waals surface area contributed by atoms with Crippen molar-refractivity contribution in [2.75, 3.05) is 0 Å². The Kier molecular flexibility index (Phi) is 5.61. The number of aromatic nitrogens is 3. The van der Waals surface area contributed by atoms with Gasteiger partial charge in [0.05, 0.1) is 17.1 Å². The molecule has 0 bridgehead atoms. The Balaban J connectivity index is 1.48. The first kappa shape index (κ1) is 20.5. The van der Waals surface area contributed by atoms with E-state index in [0.717, 1.165) is 30.0 Å². The Morgan fingerprint density at radius 1 is 1.03 bits per heavy atom. The van der Waals surface area contributed by atoms with Crippen LogP contribution in [0, 0.1) is 13.8 Å². The highest BCUT2D eigenvalue weighted by Crippen LogP contribution is 2.34. The molecule has 30 heavy (non-hydrogen) atoms. The fourth-order valence-electron chi connectivity index (χ4n) is 4.35. The highest BCUT2D eigenvalue weighted by molar-refractivity contribution is 5.43. The summed E-state index contributed by atoms with van der Waals surface area (Å²) < 4.78 is 2.10. The summed E-state index contributed by atoms with van der Waals surface area (Å²) in [4.78, 5) is 4.40. The number of rotatable bonds is 5. The van der Waals surface area contributed by atoms with Crippen LogP contribution >= 0.6 is 0 Å². The molecule has 2 heterocycles. The van der Waals surface area contributed by atoms with E-state index in [1.54, 1.807) is 0 Å². The lowest BCUT2D eigenvalue weighted by Crippen LogP contribution is -2.25. The molecule has 0 fully saturated rings. The third kappa shape index (κ3) is 4.24. The van der Waals surface area contributed by atoms with Crippen LogP contribution in [0.5, 0.6) is 0 Å². The normalized spacial score (nSPS) is 18.8. The number of nitrogens with zero attached hydrogens (tertiary/aromatic N) is 3. The maximum Gasteiger partial charge on any atom is 0.0649 e. The molecule has 0 spiro atoms. The minimum Gasteiger partial charge on any atom is -0.305 e. The van der Waals surface area contributed by atoms with Gasteiger partial charge in [0, 0.05) is 36.0 Å². The third-order valence-corrected chi connectivity index (χ3v) is 6.05. The Morgan fingerprint density at radius 3 is 2.47 bits per heavy atom. The van der Waals surface area contributed by atoms with Crippen molar-refractivity contribution in [1.82, 2.24) is 20.1 Å². The quantitative estimate of drug-likeness (QED) is 0.585. The molecule has 0 aliphatic heterocycles. The summed E-state index contributed by atoms with van der Waals surface area (Å²) in [7, 11) is 0. The zero-order chi connectivity index (χ0) is 21.3. The fourth-order valence-corrected chi connectivity index (χ4v) is 4.35. The van der Waals surface area contributed by atoms with E-state index in [9.17, 15) is 0 Å². The number of allylic oxidation sites excluding steroid dienone is 1. The maximum absolute atomic E-state index is 4.89. The zero-order valence-electron chi connectivity index (χ0n) is 18.7. The first-order valence-corrected chi connectivity index (χ1v) is 10.8. The average molecular weight is 401 g/mol. The molecule has 1 aliphatic rings. The Labute approximate surface area is 180 Å². The van der Waals surface area contributed by atoms with E-state index in [2.05, 4.69) is 92.1 Å². The summed E-state index contributed by atoms with van der Waals surface area (Å²) in [5.74, 6) is 0.397. The van der Waals surface area contributed by atoms with Gasteiger partial charge in [-0.15, -0.1) is 0 Å². The zero-order valence-corrected chi connectivity index (χ0v) is 18.7. The van der Waals surface area contributed by atoms with Gasteiger partial charge in [-0.3, -0.25) is 4.98 Å². The SMILES string of the molecule is Cc1nn(-c2ccc(C(C)(C)C)cc2)c(C)c1[C@H]1C=C[C@@H](NCc2ccccn2)C1. The topological polar surface area (TPSA) is 42.7 Å². The van der Waals surface area contributed by atoms with E-state index in [4.69, 9.17) is 5.10 Å². The second-order valence-electron chi connectivity index (χ2n) is 9.33. The van der Waals surface area contributed by atoms with Crippen LogP contribution in [0.25, 0.3) is 5.69 Å². The summed E-state index contributed by atoms with van der Waals surface area (Å²) in [5.41, 5.74) is 7.41. The van der Waals surface area contributed by atoms with Crippen molar-refractivity contribution in [2.45, 2.75) is 65.0 Å². The minimum absolute atomic E-state index is 0.157. The molecule has 4 heteroatoms. The van der Waals surface area contributed by atoms with Crippen LogP contribution in [0.4, 0.5) is 0 Å². The molecule has 0 saturated carbocycles. The van der Waals surface area contributed by atoms with Gasteiger partial charge in [-0.2, -0.15) is 5.10 Å². The highest BCUT2D eigenvalue weighted by Gasteiger charge is 2.26. The van der Waals surface area contributed by atoms with E-state index in [-0.39, 0.29) is 5.41 Å². The van der Waals surface area contributed by atoms with Crippen molar-refractivity contribution < 1.29 is 0 Å². The monoisotopic (exact) mass is 400 g/mol. The molecule has 156 valence electrons. The average Bonchev–Trinajstić information content (AvgIpc) is 3.30. The van der Waals surface area contributed by atoms with Crippen molar-refractivity contribution in [3.8, 4) is 5.69 Å². The van der Waals surface area contributed by atoms with Crippen LogP contribution in [-0.4, -0.2) is 20.8 Å². The van der Waals surface area contributed by atoms with Crippen LogP contribution < -0.4 is 5.32 Å². The molecule has 3 aromatic rings. The van der Waals surface area contributed by atoms with Gasteiger partial charge in [0.2, 0.25) is 0 Å². The summed E-state index contributed by atoms with van der Waals surface area (Å²) in [6.45, 7) is 11.8. The van der Waals surface area contributed by atoms with Crippen molar-refractivity contribution in [3.63, 3.8) is 0 Å². The lowest BCUT2D eigenvalue weighted by molar-refractivity contribution is 0.554. The second kappa shape index (κ2) is 8.19. The smallest absolute Gasteiger partial charge is 0.0649 e. The van der Waals surface area contributed by atoms with Gasteiger partial charge in [-0.1, -0.05) is 51.1 Å². The van der Waals surface area contributed by atoms with E-state index in [1.165, 1.54) is 16.8 Å². The molecule has 2 aromatic heterocycles. The largest absolute Gasteiger partial charge is 0.305 e. The molecule has 0 amide bonds. The molecular formula is C26H32N4. The van der Waals surface area contributed by atoms with Gasteiger partial charge in [0.25, 0.3) is 0 Å². The number of benzene rings is 1. The van der Waals surface area contributed by atoms with Crippen LogP contribution in [0.15, 0.2) is 60.8 Å². The van der Waals surface area contributed by atoms with Crippen molar-refractivity contribution in [1.29, 1.82) is 0 Å². The van der Waals surface area contributed by atoms with Gasteiger partial charge in [0.1, 0.15) is 0 Å². The third-order valence-electron chi connectivity index (χ3n) is 6.05. The number of aryl methyl sites for hydroxylation is 1.